The molecule has 1 atom stereocenters. The molecule has 0 unspecified atom stereocenters. The molecule has 1 saturated heterocycles. The van der Waals surface area contributed by atoms with Gasteiger partial charge in [0.15, 0.2) is 6.61 Å². The minimum absolute atomic E-state index is 0.384. The zero-order chi connectivity index (χ0) is 21.9. The highest BCUT2D eigenvalue weighted by Gasteiger charge is 2.48. The van der Waals surface area contributed by atoms with Gasteiger partial charge in [-0.2, -0.15) is 0 Å². The number of rotatable bonds is 8. The van der Waals surface area contributed by atoms with E-state index in [0.717, 1.165) is 30.6 Å². The van der Waals surface area contributed by atoms with E-state index in [1.807, 2.05) is 32.0 Å². The first-order valence-corrected chi connectivity index (χ1v) is 10.4. The molecule has 0 saturated carbocycles. The van der Waals surface area contributed by atoms with Gasteiger partial charge in [-0.05, 0) is 68.2 Å². The number of amides is 4. The summed E-state index contributed by atoms with van der Waals surface area (Å²) in [5, 5.41) is 5.36. The summed E-state index contributed by atoms with van der Waals surface area (Å²) in [6.45, 7) is 4.73. The molecule has 0 aromatic heterocycles. The Hall–Kier alpha value is -2.90. The maximum absolute atomic E-state index is 12.6. The molecule has 2 aliphatic rings. The Morgan fingerprint density at radius 3 is 2.70 bits per heavy atom. The number of nitrogens with zero attached hydrogens (tertiary/aromatic N) is 1. The minimum Gasteiger partial charge on any atom is -0.454 e. The average molecular weight is 415 g/mol. The third kappa shape index (κ3) is 4.98. The van der Waals surface area contributed by atoms with Crippen molar-refractivity contribution in [1.29, 1.82) is 0 Å². The Labute approximate surface area is 176 Å². The van der Waals surface area contributed by atoms with Crippen LogP contribution in [-0.2, 0) is 32.0 Å². The van der Waals surface area contributed by atoms with E-state index in [-0.39, 0.29) is 0 Å². The van der Waals surface area contributed by atoms with Crippen molar-refractivity contribution in [1.82, 2.24) is 10.2 Å². The summed E-state index contributed by atoms with van der Waals surface area (Å²) < 4.78 is 4.97. The fraction of sp³-hybridized carbons (Fsp3) is 0.545. The summed E-state index contributed by atoms with van der Waals surface area (Å²) in [7, 11) is 0. The van der Waals surface area contributed by atoms with Gasteiger partial charge in [-0.25, -0.2) is 4.79 Å². The molecule has 162 valence electrons. The summed E-state index contributed by atoms with van der Waals surface area (Å²) in [5.41, 5.74) is 2.16. The molecule has 0 spiro atoms. The number of benzene rings is 1. The zero-order valence-corrected chi connectivity index (χ0v) is 17.7. The number of anilines is 1. The molecule has 3 rings (SSSR count). The van der Waals surface area contributed by atoms with Gasteiger partial charge in [0.2, 0.25) is 0 Å². The summed E-state index contributed by atoms with van der Waals surface area (Å²) in [6.07, 6.45) is 4.42. The van der Waals surface area contributed by atoms with Gasteiger partial charge in [-0.3, -0.25) is 19.3 Å². The minimum atomic E-state index is -1.02. The predicted octanol–water partition coefficient (Wildman–Crippen LogP) is 2.40. The molecule has 1 aromatic rings. The molecule has 0 radical (unpaired) electrons. The van der Waals surface area contributed by atoms with Crippen LogP contribution in [0.5, 0.6) is 0 Å². The Morgan fingerprint density at radius 1 is 1.23 bits per heavy atom. The highest BCUT2D eigenvalue weighted by Crippen LogP contribution is 2.25. The smallest absolute Gasteiger partial charge is 0.326 e. The van der Waals surface area contributed by atoms with Crippen LogP contribution in [-0.4, -0.2) is 47.4 Å². The van der Waals surface area contributed by atoms with Gasteiger partial charge >= 0.3 is 12.0 Å². The van der Waals surface area contributed by atoms with Crippen LogP contribution in [0.1, 0.15) is 51.2 Å². The first-order valence-electron chi connectivity index (χ1n) is 10.4. The van der Waals surface area contributed by atoms with Crippen LogP contribution in [0.4, 0.5) is 10.5 Å². The van der Waals surface area contributed by atoms with E-state index in [4.69, 9.17) is 4.74 Å². The lowest BCUT2D eigenvalue weighted by atomic mass is 9.92. The number of ether oxygens (including phenoxy) is 1. The van der Waals surface area contributed by atoms with Crippen LogP contribution in [0.25, 0.3) is 0 Å². The second-order valence-corrected chi connectivity index (χ2v) is 8.63. The second kappa shape index (κ2) is 8.85. The first-order chi connectivity index (χ1) is 14.2. The van der Waals surface area contributed by atoms with Gasteiger partial charge in [-0.1, -0.05) is 19.9 Å². The summed E-state index contributed by atoms with van der Waals surface area (Å²) in [4.78, 5) is 49.8. The number of urea groups is 1. The molecule has 1 aromatic carbocycles. The summed E-state index contributed by atoms with van der Waals surface area (Å²) in [6, 6.07) is 5.14. The van der Waals surface area contributed by atoms with Crippen LogP contribution in [0.2, 0.25) is 0 Å². The molecule has 1 fully saturated rings. The van der Waals surface area contributed by atoms with Crippen LogP contribution < -0.4 is 10.6 Å². The number of imide groups is 1. The number of aryl methyl sites for hydroxylation is 2. The Balaban J connectivity index is 1.47. The zero-order valence-electron chi connectivity index (χ0n) is 17.7. The SMILES string of the molecule is CC(C)CC[C@@]1(C)NC(=O)N(CC(=O)OCC(=O)Nc2ccc3c(c2)CCC3)C1=O. The molecule has 0 bridgehead atoms. The Kier molecular flexibility index (Phi) is 6.43. The highest BCUT2D eigenvalue weighted by molar-refractivity contribution is 6.08. The van der Waals surface area contributed by atoms with E-state index >= 15 is 0 Å². The van der Waals surface area contributed by atoms with Crippen molar-refractivity contribution in [2.45, 2.75) is 58.4 Å². The molecule has 1 heterocycles. The van der Waals surface area contributed by atoms with Crippen LogP contribution in [0.3, 0.4) is 0 Å². The number of fused-ring (bicyclic) bond motifs is 1. The fourth-order valence-corrected chi connectivity index (χ4v) is 3.80. The van der Waals surface area contributed by atoms with Gasteiger partial charge in [0, 0.05) is 5.69 Å². The third-order valence-electron chi connectivity index (χ3n) is 5.60. The normalized spacial score (nSPS) is 20.3. The molecular formula is C22H29N3O5. The molecule has 4 amide bonds. The number of nitrogens with one attached hydrogen (secondary N) is 2. The van der Waals surface area contributed by atoms with Crippen molar-refractivity contribution in [2.75, 3.05) is 18.5 Å². The predicted molar refractivity (Wildman–Crippen MR) is 111 cm³/mol. The van der Waals surface area contributed by atoms with Crippen molar-refractivity contribution in [2.24, 2.45) is 5.92 Å². The largest absolute Gasteiger partial charge is 0.454 e. The van der Waals surface area contributed by atoms with E-state index in [2.05, 4.69) is 10.6 Å². The van der Waals surface area contributed by atoms with E-state index < -0.39 is 42.5 Å². The lowest BCUT2D eigenvalue weighted by molar-refractivity contribution is -0.150. The van der Waals surface area contributed by atoms with Crippen molar-refractivity contribution >= 4 is 29.5 Å². The molecule has 30 heavy (non-hydrogen) atoms. The Bertz CT molecular complexity index is 866. The van der Waals surface area contributed by atoms with Gasteiger partial charge < -0.3 is 15.4 Å². The Morgan fingerprint density at radius 2 is 1.97 bits per heavy atom. The van der Waals surface area contributed by atoms with E-state index in [9.17, 15) is 19.2 Å². The molecule has 1 aliphatic carbocycles. The quantitative estimate of drug-likeness (QED) is 0.501. The first kappa shape index (κ1) is 21.8. The number of carbonyl (C=O) groups excluding carboxylic acids is 4. The second-order valence-electron chi connectivity index (χ2n) is 8.63. The number of carbonyl (C=O) groups is 4. The topological polar surface area (TPSA) is 105 Å². The van der Waals surface area contributed by atoms with Crippen molar-refractivity contribution in [3.05, 3.63) is 29.3 Å². The maximum Gasteiger partial charge on any atom is 0.326 e. The van der Waals surface area contributed by atoms with Gasteiger partial charge in [0.05, 0.1) is 0 Å². The van der Waals surface area contributed by atoms with Crippen molar-refractivity contribution in [3.8, 4) is 0 Å². The van der Waals surface area contributed by atoms with Crippen molar-refractivity contribution in [3.63, 3.8) is 0 Å². The van der Waals surface area contributed by atoms with E-state index in [1.165, 1.54) is 11.1 Å². The fourth-order valence-electron chi connectivity index (χ4n) is 3.80. The monoisotopic (exact) mass is 415 g/mol. The molecule has 1 aliphatic heterocycles. The molecule has 2 N–H and O–H groups in total. The van der Waals surface area contributed by atoms with E-state index in [0.29, 0.717) is 18.0 Å². The van der Waals surface area contributed by atoms with Gasteiger partial charge in [0.1, 0.15) is 12.1 Å². The van der Waals surface area contributed by atoms with E-state index in [1.54, 1.807) is 6.92 Å². The third-order valence-corrected chi connectivity index (χ3v) is 5.60. The molecule has 8 nitrogen and oxygen atoms in total. The van der Waals surface area contributed by atoms with Gasteiger partial charge in [0.25, 0.3) is 11.8 Å². The lowest BCUT2D eigenvalue weighted by Crippen LogP contribution is -2.44. The average Bonchev–Trinajstić information content (AvgIpc) is 3.23. The maximum atomic E-state index is 12.6. The highest BCUT2D eigenvalue weighted by atomic mass is 16.5. The van der Waals surface area contributed by atoms with Crippen LogP contribution in [0, 0.1) is 5.92 Å². The molecular weight excluding hydrogens is 386 g/mol. The number of hydrogen-bond donors (Lipinski definition) is 2. The standard InChI is InChI=1S/C22H29N3O5/c1-14(2)9-10-22(3)20(28)25(21(29)24-22)12-19(27)30-13-18(26)23-17-8-7-15-5-4-6-16(15)11-17/h7-8,11,14H,4-6,9-10,12-13H2,1-3H3,(H,23,26)(H,24,29)/t22-/m1/s1. The summed E-state index contributed by atoms with van der Waals surface area (Å²) >= 11 is 0. The van der Waals surface area contributed by atoms with Gasteiger partial charge in [-0.15, -0.1) is 0 Å². The van der Waals surface area contributed by atoms with Crippen LogP contribution >= 0.6 is 0 Å². The number of esters is 1. The lowest BCUT2D eigenvalue weighted by Gasteiger charge is -2.22. The van der Waals surface area contributed by atoms with Crippen LogP contribution in [0.15, 0.2) is 18.2 Å². The molecule has 8 heteroatoms. The van der Waals surface area contributed by atoms with Crippen molar-refractivity contribution < 1.29 is 23.9 Å². The number of hydrogen-bond acceptors (Lipinski definition) is 5. The summed E-state index contributed by atoms with van der Waals surface area (Å²) in [5.74, 6) is -1.35.